The van der Waals surface area contributed by atoms with Crippen LogP contribution in [0.3, 0.4) is 0 Å². The minimum atomic E-state index is 0.166. The van der Waals surface area contributed by atoms with Crippen LogP contribution in [0.15, 0.2) is 47.8 Å². The number of carbonyl (C=O) groups is 1. The lowest BCUT2D eigenvalue weighted by molar-refractivity contribution is -0.134. The Morgan fingerprint density at radius 1 is 1.11 bits per heavy atom. The Hall–Kier alpha value is -2.42. The van der Waals surface area contributed by atoms with Crippen LogP contribution >= 0.6 is 22.7 Å². The second-order valence-electron chi connectivity index (χ2n) is 6.09. The van der Waals surface area contributed by atoms with Gasteiger partial charge in [-0.15, -0.1) is 22.7 Å². The minimum absolute atomic E-state index is 0.166. The zero-order valence-electron chi connectivity index (χ0n) is 14.7. The van der Waals surface area contributed by atoms with Crippen molar-refractivity contribution in [1.82, 2.24) is 9.88 Å². The lowest BCUT2D eigenvalue weighted by atomic mass is 10.3. The molecule has 2 N–H and O–H groups in total. The number of morpholine rings is 1. The van der Waals surface area contributed by atoms with Crippen LogP contribution in [0.25, 0.3) is 10.6 Å². The van der Waals surface area contributed by atoms with Crippen molar-refractivity contribution in [3.05, 3.63) is 52.7 Å². The average Bonchev–Trinajstić information content (AvgIpc) is 3.37. The molecule has 3 aromatic rings. The molecule has 1 aromatic carbocycles. The Bertz CT molecular complexity index is 888. The third-order valence-corrected chi connectivity index (χ3v) is 6.06. The number of benzene rings is 1. The number of carbonyl (C=O) groups excluding carboxylic acids is 1. The first kappa shape index (κ1) is 18.0. The van der Waals surface area contributed by atoms with Gasteiger partial charge in [-0.05, 0) is 24.3 Å². The molecule has 0 spiro atoms. The summed E-state index contributed by atoms with van der Waals surface area (Å²) < 4.78 is 5.30. The SMILES string of the molecule is O=C(Cc1ccc(-c2csc(NNc3ccccc3)n2)s1)N1CCOCC1. The van der Waals surface area contributed by atoms with Gasteiger partial charge < -0.3 is 9.64 Å². The highest BCUT2D eigenvalue weighted by atomic mass is 32.1. The minimum Gasteiger partial charge on any atom is -0.378 e. The number of rotatable bonds is 6. The summed E-state index contributed by atoms with van der Waals surface area (Å²) in [6.07, 6.45) is 0.440. The maximum absolute atomic E-state index is 12.4. The molecule has 6 nitrogen and oxygen atoms in total. The van der Waals surface area contributed by atoms with Crippen molar-refractivity contribution >= 4 is 39.4 Å². The summed E-state index contributed by atoms with van der Waals surface area (Å²) in [7, 11) is 0. The van der Waals surface area contributed by atoms with E-state index < -0.39 is 0 Å². The number of aromatic nitrogens is 1. The number of thiazole rings is 1. The molecule has 27 heavy (non-hydrogen) atoms. The Morgan fingerprint density at radius 2 is 1.93 bits per heavy atom. The van der Waals surface area contributed by atoms with Crippen LogP contribution in [-0.2, 0) is 16.0 Å². The number of amides is 1. The van der Waals surface area contributed by atoms with Crippen LogP contribution in [0, 0.1) is 0 Å². The fourth-order valence-corrected chi connectivity index (χ4v) is 4.47. The quantitative estimate of drug-likeness (QED) is 0.618. The second kappa shape index (κ2) is 8.51. The maximum atomic E-state index is 12.4. The lowest BCUT2D eigenvalue weighted by Crippen LogP contribution is -2.41. The molecule has 1 fully saturated rings. The molecule has 3 heterocycles. The number of nitrogens with zero attached hydrogens (tertiary/aromatic N) is 2. The van der Waals surface area contributed by atoms with Gasteiger partial charge in [-0.1, -0.05) is 18.2 Å². The standard InChI is InChI=1S/C19H20N4O2S2/c24-18(23-8-10-25-11-9-23)12-15-6-7-17(27-15)16-13-26-19(20-16)22-21-14-4-2-1-3-5-14/h1-7,13,21H,8-12H2,(H,20,22). The fraction of sp³-hybridized carbons (Fsp3) is 0.263. The summed E-state index contributed by atoms with van der Waals surface area (Å²) in [5.41, 5.74) is 8.16. The zero-order chi connectivity index (χ0) is 18.5. The van der Waals surface area contributed by atoms with Crippen molar-refractivity contribution in [2.24, 2.45) is 0 Å². The van der Waals surface area contributed by atoms with Crippen molar-refractivity contribution < 1.29 is 9.53 Å². The molecule has 0 aliphatic carbocycles. The normalized spacial score (nSPS) is 14.1. The summed E-state index contributed by atoms with van der Waals surface area (Å²) >= 11 is 3.17. The Labute approximate surface area is 165 Å². The molecule has 1 saturated heterocycles. The predicted molar refractivity (Wildman–Crippen MR) is 110 cm³/mol. The van der Waals surface area contributed by atoms with Crippen molar-refractivity contribution in [3.8, 4) is 10.6 Å². The molecule has 0 saturated carbocycles. The molecule has 0 unspecified atom stereocenters. The first-order valence-electron chi connectivity index (χ1n) is 8.75. The number of hydrazine groups is 1. The Balaban J connectivity index is 1.35. The predicted octanol–water partition coefficient (Wildman–Crippen LogP) is 3.71. The number of ether oxygens (including phenoxy) is 1. The molecule has 0 atom stereocenters. The number of hydrogen-bond donors (Lipinski definition) is 2. The van der Waals surface area contributed by atoms with Gasteiger partial charge in [-0.2, -0.15) is 0 Å². The van der Waals surface area contributed by atoms with Crippen LogP contribution in [0.2, 0.25) is 0 Å². The zero-order valence-corrected chi connectivity index (χ0v) is 16.3. The maximum Gasteiger partial charge on any atom is 0.227 e. The highest BCUT2D eigenvalue weighted by molar-refractivity contribution is 7.17. The largest absolute Gasteiger partial charge is 0.378 e. The van der Waals surface area contributed by atoms with Gasteiger partial charge in [0.05, 0.1) is 35.9 Å². The third-order valence-electron chi connectivity index (χ3n) is 4.20. The molecule has 140 valence electrons. The number of para-hydroxylation sites is 1. The Morgan fingerprint density at radius 3 is 2.74 bits per heavy atom. The van der Waals surface area contributed by atoms with Gasteiger partial charge in [0, 0.05) is 23.3 Å². The smallest absolute Gasteiger partial charge is 0.227 e. The van der Waals surface area contributed by atoms with E-state index in [9.17, 15) is 4.79 Å². The molecular weight excluding hydrogens is 380 g/mol. The summed E-state index contributed by atoms with van der Waals surface area (Å²) in [4.78, 5) is 21.0. The summed E-state index contributed by atoms with van der Waals surface area (Å²) in [5, 5.41) is 2.82. The van der Waals surface area contributed by atoms with Gasteiger partial charge in [0.15, 0.2) is 0 Å². The van der Waals surface area contributed by atoms with Crippen LogP contribution in [-0.4, -0.2) is 42.1 Å². The Kier molecular flexibility index (Phi) is 5.66. The molecule has 1 aliphatic rings. The van der Waals surface area contributed by atoms with E-state index in [0.29, 0.717) is 32.7 Å². The van der Waals surface area contributed by atoms with E-state index >= 15 is 0 Å². The van der Waals surface area contributed by atoms with E-state index in [1.807, 2.05) is 52.7 Å². The highest BCUT2D eigenvalue weighted by Gasteiger charge is 2.18. The van der Waals surface area contributed by atoms with Crippen molar-refractivity contribution in [1.29, 1.82) is 0 Å². The van der Waals surface area contributed by atoms with Gasteiger partial charge in [-0.25, -0.2) is 4.98 Å². The molecule has 4 rings (SSSR count). The van der Waals surface area contributed by atoms with E-state index in [-0.39, 0.29) is 5.91 Å². The summed E-state index contributed by atoms with van der Waals surface area (Å²) in [5.74, 6) is 0.166. The van der Waals surface area contributed by atoms with Crippen LogP contribution in [0.5, 0.6) is 0 Å². The van der Waals surface area contributed by atoms with E-state index in [1.54, 1.807) is 22.7 Å². The van der Waals surface area contributed by atoms with E-state index in [2.05, 4.69) is 15.8 Å². The van der Waals surface area contributed by atoms with Gasteiger partial charge in [-0.3, -0.25) is 15.6 Å². The molecule has 8 heteroatoms. The second-order valence-corrected chi connectivity index (χ2v) is 8.12. The van der Waals surface area contributed by atoms with Crippen molar-refractivity contribution in [2.45, 2.75) is 6.42 Å². The molecular formula is C19H20N4O2S2. The first-order chi connectivity index (χ1) is 13.3. The van der Waals surface area contributed by atoms with Crippen molar-refractivity contribution in [3.63, 3.8) is 0 Å². The summed E-state index contributed by atoms with van der Waals surface area (Å²) in [6, 6.07) is 14.0. The lowest BCUT2D eigenvalue weighted by Gasteiger charge is -2.26. The molecule has 0 bridgehead atoms. The van der Waals surface area contributed by atoms with Crippen molar-refractivity contribution in [2.75, 3.05) is 37.2 Å². The average molecular weight is 401 g/mol. The summed E-state index contributed by atoms with van der Waals surface area (Å²) in [6.45, 7) is 2.64. The van der Waals surface area contributed by atoms with E-state index in [0.717, 1.165) is 26.3 Å². The molecule has 1 aliphatic heterocycles. The van der Waals surface area contributed by atoms with E-state index in [1.165, 1.54) is 0 Å². The van der Waals surface area contributed by atoms with Crippen LogP contribution < -0.4 is 10.9 Å². The number of nitrogens with one attached hydrogen (secondary N) is 2. The highest BCUT2D eigenvalue weighted by Crippen LogP contribution is 2.31. The van der Waals surface area contributed by atoms with E-state index in [4.69, 9.17) is 4.74 Å². The number of thiophene rings is 1. The van der Waals surface area contributed by atoms with Gasteiger partial charge in [0.1, 0.15) is 0 Å². The number of anilines is 2. The third kappa shape index (κ3) is 4.65. The molecule has 0 radical (unpaired) electrons. The van der Waals surface area contributed by atoms with Gasteiger partial charge >= 0.3 is 0 Å². The monoisotopic (exact) mass is 400 g/mol. The number of hydrogen-bond acceptors (Lipinski definition) is 7. The van der Waals surface area contributed by atoms with Gasteiger partial charge in [0.25, 0.3) is 0 Å². The van der Waals surface area contributed by atoms with Crippen LogP contribution in [0.1, 0.15) is 4.88 Å². The first-order valence-corrected chi connectivity index (χ1v) is 10.4. The topological polar surface area (TPSA) is 66.5 Å². The van der Waals surface area contributed by atoms with Crippen LogP contribution in [0.4, 0.5) is 10.8 Å². The fourth-order valence-electron chi connectivity index (χ4n) is 2.78. The molecule has 1 amide bonds. The van der Waals surface area contributed by atoms with Gasteiger partial charge in [0.2, 0.25) is 11.0 Å². The molecule has 2 aromatic heterocycles.